The standard InChI is InChI=1S/C13H26N2O2/c1-10(2)7-14-12-6-11(3)8-15(9-12)5-4-13(16)17/h10-12,14H,4-9H2,1-3H3,(H,16,17). The SMILES string of the molecule is CC(C)CNC1CC(C)CN(CCC(=O)O)C1. The van der Waals surface area contributed by atoms with Crippen molar-refractivity contribution < 1.29 is 9.90 Å². The Morgan fingerprint density at radius 1 is 1.47 bits per heavy atom. The zero-order valence-corrected chi connectivity index (χ0v) is 11.3. The summed E-state index contributed by atoms with van der Waals surface area (Å²) in [5, 5.41) is 12.3. The third-order valence-corrected chi connectivity index (χ3v) is 3.19. The minimum Gasteiger partial charge on any atom is -0.481 e. The minimum absolute atomic E-state index is 0.254. The van der Waals surface area contributed by atoms with E-state index in [2.05, 4.69) is 31.0 Å². The maximum atomic E-state index is 10.6. The van der Waals surface area contributed by atoms with Crippen LogP contribution in [0.2, 0.25) is 0 Å². The molecule has 0 bridgehead atoms. The molecule has 4 nitrogen and oxygen atoms in total. The molecule has 0 saturated carbocycles. The van der Waals surface area contributed by atoms with E-state index >= 15 is 0 Å². The van der Waals surface area contributed by atoms with Crippen LogP contribution in [0.1, 0.15) is 33.6 Å². The van der Waals surface area contributed by atoms with Gasteiger partial charge in [0.05, 0.1) is 6.42 Å². The van der Waals surface area contributed by atoms with Crippen molar-refractivity contribution in [1.82, 2.24) is 10.2 Å². The topological polar surface area (TPSA) is 52.6 Å². The van der Waals surface area contributed by atoms with Gasteiger partial charge in [0, 0.05) is 25.7 Å². The molecule has 1 fully saturated rings. The number of aliphatic carboxylic acids is 1. The Bertz CT molecular complexity index is 244. The fourth-order valence-corrected chi connectivity index (χ4v) is 2.45. The number of carbonyl (C=O) groups is 1. The fourth-order valence-electron chi connectivity index (χ4n) is 2.45. The summed E-state index contributed by atoms with van der Waals surface area (Å²) in [5.74, 6) is 0.622. The summed E-state index contributed by atoms with van der Waals surface area (Å²) in [4.78, 5) is 12.9. The maximum Gasteiger partial charge on any atom is 0.304 e. The molecule has 0 radical (unpaired) electrons. The first-order chi connectivity index (χ1) is 7.97. The molecule has 0 aromatic heterocycles. The van der Waals surface area contributed by atoms with Gasteiger partial charge in [0.2, 0.25) is 0 Å². The van der Waals surface area contributed by atoms with Gasteiger partial charge in [-0.2, -0.15) is 0 Å². The van der Waals surface area contributed by atoms with Gasteiger partial charge in [0.15, 0.2) is 0 Å². The van der Waals surface area contributed by atoms with E-state index in [0.717, 1.165) is 19.6 Å². The highest BCUT2D eigenvalue weighted by atomic mass is 16.4. The number of hydrogen-bond donors (Lipinski definition) is 2. The van der Waals surface area contributed by atoms with Crippen molar-refractivity contribution in [2.75, 3.05) is 26.2 Å². The highest BCUT2D eigenvalue weighted by Crippen LogP contribution is 2.16. The lowest BCUT2D eigenvalue weighted by molar-refractivity contribution is -0.137. The zero-order chi connectivity index (χ0) is 12.8. The summed E-state index contributed by atoms with van der Waals surface area (Å²) in [6.45, 7) is 10.4. The molecular formula is C13H26N2O2. The summed E-state index contributed by atoms with van der Waals surface area (Å²) >= 11 is 0. The number of likely N-dealkylation sites (tertiary alicyclic amines) is 1. The van der Waals surface area contributed by atoms with Crippen LogP contribution in [0.5, 0.6) is 0 Å². The second-order valence-electron chi connectivity index (χ2n) is 5.74. The summed E-state index contributed by atoms with van der Waals surface area (Å²) < 4.78 is 0. The second kappa shape index (κ2) is 6.97. The first-order valence-corrected chi connectivity index (χ1v) is 6.65. The van der Waals surface area contributed by atoms with Crippen molar-refractivity contribution in [3.05, 3.63) is 0 Å². The molecular weight excluding hydrogens is 216 g/mol. The van der Waals surface area contributed by atoms with Crippen LogP contribution in [0.15, 0.2) is 0 Å². The number of piperidine rings is 1. The van der Waals surface area contributed by atoms with Gasteiger partial charge in [-0.1, -0.05) is 20.8 Å². The van der Waals surface area contributed by atoms with E-state index in [9.17, 15) is 4.79 Å². The van der Waals surface area contributed by atoms with Crippen LogP contribution < -0.4 is 5.32 Å². The van der Waals surface area contributed by atoms with Crippen LogP contribution in [0, 0.1) is 11.8 Å². The molecule has 1 saturated heterocycles. The van der Waals surface area contributed by atoms with E-state index in [0.29, 0.717) is 24.4 Å². The molecule has 0 amide bonds. The smallest absolute Gasteiger partial charge is 0.304 e. The Kier molecular flexibility index (Phi) is 5.92. The van der Waals surface area contributed by atoms with Gasteiger partial charge in [0.1, 0.15) is 0 Å². The normalized spacial score (nSPS) is 26.4. The Hall–Kier alpha value is -0.610. The van der Waals surface area contributed by atoms with Crippen molar-refractivity contribution in [2.24, 2.45) is 11.8 Å². The van der Waals surface area contributed by atoms with Crippen molar-refractivity contribution in [1.29, 1.82) is 0 Å². The Morgan fingerprint density at radius 3 is 2.76 bits per heavy atom. The van der Waals surface area contributed by atoms with Gasteiger partial charge in [-0.05, 0) is 24.8 Å². The number of carboxylic acids is 1. The molecule has 17 heavy (non-hydrogen) atoms. The van der Waals surface area contributed by atoms with E-state index in [1.165, 1.54) is 6.42 Å². The van der Waals surface area contributed by atoms with Gasteiger partial charge in [-0.15, -0.1) is 0 Å². The monoisotopic (exact) mass is 242 g/mol. The molecule has 1 aliphatic heterocycles. The minimum atomic E-state index is -0.699. The van der Waals surface area contributed by atoms with Crippen LogP contribution in [-0.4, -0.2) is 48.2 Å². The Morgan fingerprint density at radius 2 is 2.18 bits per heavy atom. The third-order valence-electron chi connectivity index (χ3n) is 3.19. The fraction of sp³-hybridized carbons (Fsp3) is 0.923. The van der Waals surface area contributed by atoms with Gasteiger partial charge in [0.25, 0.3) is 0 Å². The lowest BCUT2D eigenvalue weighted by atomic mass is 9.95. The highest BCUT2D eigenvalue weighted by Gasteiger charge is 2.24. The molecule has 1 aliphatic rings. The number of hydrogen-bond acceptors (Lipinski definition) is 3. The Labute approximate surface area is 104 Å². The molecule has 100 valence electrons. The molecule has 2 N–H and O–H groups in total. The molecule has 0 spiro atoms. The van der Waals surface area contributed by atoms with Crippen LogP contribution in [0.4, 0.5) is 0 Å². The van der Waals surface area contributed by atoms with Gasteiger partial charge >= 0.3 is 5.97 Å². The van der Waals surface area contributed by atoms with Crippen molar-refractivity contribution in [3.63, 3.8) is 0 Å². The second-order valence-corrected chi connectivity index (χ2v) is 5.74. The summed E-state index contributed by atoms with van der Waals surface area (Å²) in [6.07, 6.45) is 1.46. The summed E-state index contributed by atoms with van der Waals surface area (Å²) in [7, 11) is 0. The number of carboxylic acid groups (broad SMARTS) is 1. The van der Waals surface area contributed by atoms with E-state index in [1.54, 1.807) is 0 Å². The maximum absolute atomic E-state index is 10.6. The average Bonchev–Trinajstić information content (AvgIpc) is 2.23. The quantitative estimate of drug-likeness (QED) is 0.739. The van der Waals surface area contributed by atoms with Crippen molar-refractivity contribution in [2.45, 2.75) is 39.7 Å². The zero-order valence-electron chi connectivity index (χ0n) is 11.3. The van der Waals surface area contributed by atoms with Crippen LogP contribution in [0.3, 0.4) is 0 Å². The average molecular weight is 242 g/mol. The van der Waals surface area contributed by atoms with Crippen molar-refractivity contribution >= 4 is 5.97 Å². The Balaban J connectivity index is 2.33. The highest BCUT2D eigenvalue weighted by molar-refractivity contribution is 5.66. The van der Waals surface area contributed by atoms with E-state index < -0.39 is 5.97 Å². The van der Waals surface area contributed by atoms with Crippen LogP contribution in [0.25, 0.3) is 0 Å². The first-order valence-electron chi connectivity index (χ1n) is 6.65. The summed E-state index contributed by atoms with van der Waals surface area (Å²) in [5.41, 5.74) is 0. The number of nitrogens with zero attached hydrogens (tertiary/aromatic N) is 1. The molecule has 0 aromatic carbocycles. The summed E-state index contributed by atoms with van der Waals surface area (Å²) in [6, 6.07) is 0.523. The molecule has 0 aliphatic carbocycles. The lowest BCUT2D eigenvalue weighted by Gasteiger charge is -2.37. The molecule has 1 heterocycles. The van der Waals surface area contributed by atoms with E-state index in [-0.39, 0.29) is 6.42 Å². The van der Waals surface area contributed by atoms with Gasteiger partial charge in [-0.25, -0.2) is 0 Å². The van der Waals surface area contributed by atoms with Crippen LogP contribution in [-0.2, 0) is 4.79 Å². The molecule has 1 rings (SSSR count). The molecule has 2 unspecified atom stereocenters. The van der Waals surface area contributed by atoms with Crippen LogP contribution >= 0.6 is 0 Å². The molecule has 4 heteroatoms. The van der Waals surface area contributed by atoms with E-state index in [4.69, 9.17) is 5.11 Å². The van der Waals surface area contributed by atoms with E-state index in [1.807, 2.05) is 0 Å². The number of rotatable bonds is 6. The van der Waals surface area contributed by atoms with Gasteiger partial charge in [-0.3, -0.25) is 4.79 Å². The van der Waals surface area contributed by atoms with Gasteiger partial charge < -0.3 is 15.3 Å². The third kappa shape index (κ3) is 6.03. The predicted molar refractivity (Wildman–Crippen MR) is 69.1 cm³/mol. The first kappa shape index (κ1) is 14.5. The predicted octanol–water partition coefficient (Wildman–Crippen LogP) is 1.42. The molecule has 2 atom stereocenters. The number of nitrogens with one attached hydrogen (secondary N) is 1. The van der Waals surface area contributed by atoms with Crippen molar-refractivity contribution in [3.8, 4) is 0 Å². The largest absolute Gasteiger partial charge is 0.481 e. The lowest BCUT2D eigenvalue weighted by Crippen LogP contribution is -2.49. The molecule has 0 aromatic rings.